The lowest BCUT2D eigenvalue weighted by Gasteiger charge is -2.19. The van der Waals surface area contributed by atoms with Gasteiger partial charge in [-0.05, 0) is 51.0 Å². The number of methoxy groups -OCH3 is 2. The SMILES string of the molecule is CCOc1ccc(C)cc1C(C)NC(=O)NCCc1ccc(OC)c(OC)c1. The zero-order valence-electron chi connectivity index (χ0n) is 17.3. The largest absolute Gasteiger partial charge is 0.494 e. The number of nitrogens with one attached hydrogen (secondary N) is 2. The lowest BCUT2D eigenvalue weighted by Crippen LogP contribution is -2.38. The molecule has 2 rings (SSSR count). The predicted octanol–water partition coefficient (Wildman–Crippen LogP) is 4.01. The molecule has 2 aromatic rings. The third-order valence-electron chi connectivity index (χ3n) is 4.43. The summed E-state index contributed by atoms with van der Waals surface area (Å²) in [7, 11) is 3.21. The van der Waals surface area contributed by atoms with Crippen LogP contribution in [0.2, 0.25) is 0 Å². The monoisotopic (exact) mass is 386 g/mol. The number of carbonyl (C=O) groups is 1. The number of ether oxygens (including phenoxy) is 3. The highest BCUT2D eigenvalue weighted by Crippen LogP contribution is 2.28. The normalized spacial score (nSPS) is 11.5. The molecule has 0 bridgehead atoms. The van der Waals surface area contributed by atoms with E-state index in [9.17, 15) is 4.79 Å². The Labute approximate surface area is 167 Å². The van der Waals surface area contributed by atoms with Crippen LogP contribution in [0.15, 0.2) is 36.4 Å². The van der Waals surface area contributed by atoms with Gasteiger partial charge in [0.05, 0.1) is 26.9 Å². The Morgan fingerprint density at radius 3 is 2.43 bits per heavy atom. The van der Waals surface area contributed by atoms with Crippen LogP contribution >= 0.6 is 0 Å². The molecule has 0 heterocycles. The van der Waals surface area contributed by atoms with Gasteiger partial charge in [-0.25, -0.2) is 4.79 Å². The van der Waals surface area contributed by atoms with Crippen molar-refractivity contribution in [3.63, 3.8) is 0 Å². The molecule has 6 heteroatoms. The smallest absolute Gasteiger partial charge is 0.315 e. The molecule has 1 unspecified atom stereocenters. The molecule has 28 heavy (non-hydrogen) atoms. The van der Waals surface area contributed by atoms with Crippen LogP contribution < -0.4 is 24.8 Å². The molecule has 0 aliphatic heterocycles. The highest BCUT2D eigenvalue weighted by atomic mass is 16.5. The van der Waals surface area contributed by atoms with Gasteiger partial charge in [-0.3, -0.25) is 0 Å². The summed E-state index contributed by atoms with van der Waals surface area (Å²) in [6.45, 7) is 7.02. The summed E-state index contributed by atoms with van der Waals surface area (Å²) >= 11 is 0. The highest BCUT2D eigenvalue weighted by Gasteiger charge is 2.14. The van der Waals surface area contributed by atoms with Crippen molar-refractivity contribution in [1.82, 2.24) is 10.6 Å². The molecule has 0 aromatic heterocycles. The minimum atomic E-state index is -0.211. The van der Waals surface area contributed by atoms with Crippen LogP contribution in [0, 0.1) is 6.92 Å². The first-order valence-electron chi connectivity index (χ1n) is 9.47. The van der Waals surface area contributed by atoms with Crippen LogP contribution in [0.1, 0.15) is 36.6 Å². The quantitative estimate of drug-likeness (QED) is 0.683. The summed E-state index contributed by atoms with van der Waals surface area (Å²) in [6, 6.07) is 11.4. The maximum absolute atomic E-state index is 12.3. The molecule has 0 aliphatic carbocycles. The fourth-order valence-corrected chi connectivity index (χ4v) is 2.98. The van der Waals surface area contributed by atoms with Crippen LogP contribution in [0.4, 0.5) is 4.79 Å². The van der Waals surface area contributed by atoms with Gasteiger partial charge in [-0.2, -0.15) is 0 Å². The van der Waals surface area contributed by atoms with Gasteiger partial charge in [-0.15, -0.1) is 0 Å². The minimum Gasteiger partial charge on any atom is -0.494 e. The Morgan fingerprint density at radius 2 is 1.75 bits per heavy atom. The van der Waals surface area contributed by atoms with Gasteiger partial charge >= 0.3 is 6.03 Å². The molecular formula is C22H30N2O4. The van der Waals surface area contributed by atoms with Crippen LogP contribution in [-0.4, -0.2) is 33.4 Å². The molecule has 0 aliphatic rings. The van der Waals surface area contributed by atoms with Crippen molar-refractivity contribution in [3.05, 3.63) is 53.1 Å². The summed E-state index contributed by atoms with van der Waals surface area (Å²) in [5.41, 5.74) is 3.15. The molecule has 2 aromatic carbocycles. The van der Waals surface area contributed by atoms with E-state index in [-0.39, 0.29) is 12.1 Å². The molecule has 1 atom stereocenters. The fraction of sp³-hybridized carbons (Fsp3) is 0.409. The second kappa shape index (κ2) is 10.4. The van der Waals surface area contributed by atoms with E-state index in [1.807, 2.05) is 57.2 Å². The van der Waals surface area contributed by atoms with Crippen LogP contribution in [0.5, 0.6) is 17.2 Å². The number of urea groups is 1. The summed E-state index contributed by atoms with van der Waals surface area (Å²) in [6.07, 6.45) is 0.691. The number of amides is 2. The van der Waals surface area contributed by atoms with Crippen LogP contribution in [0.3, 0.4) is 0 Å². The zero-order chi connectivity index (χ0) is 20.5. The first kappa shape index (κ1) is 21.4. The summed E-state index contributed by atoms with van der Waals surface area (Å²) in [4.78, 5) is 12.3. The van der Waals surface area contributed by atoms with Crippen LogP contribution in [-0.2, 0) is 6.42 Å². The number of hydrogen-bond acceptors (Lipinski definition) is 4. The Morgan fingerprint density at radius 1 is 1.04 bits per heavy atom. The first-order chi connectivity index (χ1) is 13.5. The van der Waals surface area contributed by atoms with Gasteiger partial charge in [0.25, 0.3) is 0 Å². The summed E-state index contributed by atoms with van der Waals surface area (Å²) in [5, 5.41) is 5.88. The molecule has 6 nitrogen and oxygen atoms in total. The molecule has 2 amide bonds. The van der Waals surface area contributed by atoms with Crippen molar-refractivity contribution in [2.45, 2.75) is 33.2 Å². The molecule has 0 saturated carbocycles. The maximum Gasteiger partial charge on any atom is 0.315 e. The number of benzene rings is 2. The van der Waals surface area contributed by atoms with E-state index in [1.165, 1.54) is 0 Å². The maximum atomic E-state index is 12.3. The average Bonchev–Trinajstić information content (AvgIpc) is 2.69. The lowest BCUT2D eigenvalue weighted by atomic mass is 10.0. The van der Waals surface area contributed by atoms with Gasteiger partial charge in [0.15, 0.2) is 11.5 Å². The number of carbonyl (C=O) groups excluding carboxylic acids is 1. The second-order valence-corrected chi connectivity index (χ2v) is 6.54. The molecule has 0 spiro atoms. The average molecular weight is 386 g/mol. The fourth-order valence-electron chi connectivity index (χ4n) is 2.98. The van der Waals surface area contributed by atoms with Gasteiger partial charge in [0, 0.05) is 12.1 Å². The van der Waals surface area contributed by atoms with Crippen molar-refractivity contribution >= 4 is 6.03 Å². The van der Waals surface area contributed by atoms with Gasteiger partial charge in [0.2, 0.25) is 0 Å². The van der Waals surface area contributed by atoms with Crippen LogP contribution in [0.25, 0.3) is 0 Å². The van der Waals surface area contributed by atoms with Gasteiger partial charge < -0.3 is 24.8 Å². The topological polar surface area (TPSA) is 68.8 Å². The predicted molar refractivity (Wildman–Crippen MR) is 111 cm³/mol. The summed E-state index contributed by atoms with van der Waals surface area (Å²) < 4.78 is 16.2. The lowest BCUT2D eigenvalue weighted by molar-refractivity contribution is 0.237. The Balaban J connectivity index is 1.90. The van der Waals surface area contributed by atoms with Crippen molar-refractivity contribution < 1.29 is 19.0 Å². The Bertz CT molecular complexity index is 792. The van der Waals surface area contributed by atoms with E-state index in [4.69, 9.17) is 14.2 Å². The highest BCUT2D eigenvalue weighted by molar-refractivity contribution is 5.74. The molecular weight excluding hydrogens is 356 g/mol. The van der Waals surface area contributed by atoms with E-state index in [1.54, 1.807) is 14.2 Å². The van der Waals surface area contributed by atoms with Crippen molar-refractivity contribution in [2.24, 2.45) is 0 Å². The minimum absolute atomic E-state index is 0.164. The first-order valence-corrected chi connectivity index (χ1v) is 9.47. The van der Waals surface area contributed by atoms with E-state index in [0.717, 1.165) is 22.4 Å². The Kier molecular flexibility index (Phi) is 7.99. The van der Waals surface area contributed by atoms with E-state index in [2.05, 4.69) is 10.6 Å². The van der Waals surface area contributed by atoms with Crippen molar-refractivity contribution in [2.75, 3.05) is 27.4 Å². The second-order valence-electron chi connectivity index (χ2n) is 6.54. The number of hydrogen-bond donors (Lipinski definition) is 2. The van der Waals surface area contributed by atoms with E-state index < -0.39 is 0 Å². The molecule has 152 valence electrons. The third-order valence-corrected chi connectivity index (χ3v) is 4.43. The van der Waals surface area contributed by atoms with Crippen molar-refractivity contribution in [3.8, 4) is 17.2 Å². The molecule has 0 saturated heterocycles. The summed E-state index contributed by atoms with van der Waals surface area (Å²) in [5.74, 6) is 2.17. The zero-order valence-corrected chi connectivity index (χ0v) is 17.3. The molecule has 0 fully saturated rings. The Hall–Kier alpha value is -2.89. The van der Waals surface area contributed by atoms with E-state index in [0.29, 0.717) is 31.1 Å². The number of aryl methyl sites for hydroxylation is 1. The van der Waals surface area contributed by atoms with E-state index >= 15 is 0 Å². The number of rotatable bonds is 9. The molecule has 2 N–H and O–H groups in total. The third kappa shape index (κ3) is 5.81. The van der Waals surface area contributed by atoms with Gasteiger partial charge in [0.1, 0.15) is 5.75 Å². The standard InChI is InChI=1S/C22H30N2O4/c1-6-28-19-9-7-15(2)13-18(19)16(3)24-22(25)23-12-11-17-8-10-20(26-4)21(14-17)27-5/h7-10,13-14,16H,6,11-12H2,1-5H3,(H2,23,24,25). The molecule has 0 radical (unpaired) electrons. The van der Waals surface area contributed by atoms with Crippen molar-refractivity contribution in [1.29, 1.82) is 0 Å². The van der Waals surface area contributed by atoms with Gasteiger partial charge in [-0.1, -0.05) is 23.8 Å².